The third-order valence-electron chi connectivity index (χ3n) is 3.66. The van der Waals surface area contributed by atoms with E-state index < -0.39 is 5.97 Å². The molecule has 0 saturated carbocycles. The Kier molecular flexibility index (Phi) is 5.68. The highest BCUT2D eigenvalue weighted by atomic mass is 16.4. The number of hydrogen-bond acceptors (Lipinski definition) is 4. The van der Waals surface area contributed by atoms with Gasteiger partial charge in [0.1, 0.15) is 0 Å². The van der Waals surface area contributed by atoms with Crippen LogP contribution in [0.25, 0.3) is 0 Å². The molecule has 0 aromatic carbocycles. The molecular weight excluding hydrogens is 270 g/mol. The highest BCUT2D eigenvalue weighted by molar-refractivity contribution is 5.77. The number of amides is 1. The van der Waals surface area contributed by atoms with Crippen molar-refractivity contribution in [1.82, 2.24) is 14.8 Å². The molecule has 21 heavy (non-hydrogen) atoms. The molecule has 6 nitrogen and oxygen atoms in total. The Morgan fingerprint density at radius 2 is 1.76 bits per heavy atom. The molecule has 1 N–H and O–H groups in total. The van der Waals surface area contributed by atoms with Crippen LogP contribution in [0, 0.1) is 0 Å². The first-order valence-electron chi connectivity index (χ1n) is 7.26. The normalized spacial score (nSPS) is 15.9. The fourth-order valence-electron chi connectivity index (χ4n) is 2.45. The average molecular weight is 291 g/mol. The zero-order valence-electron chi connectivity index (χ0n) is 12.1. The molecule has 0 atom stereocenters. The minimum Gasteiger partial charge on any atom is -0.481 e. The van der Waals surface area contributed by atoms with Crippen molar-refractivity contribution in [3.63, 3.8) is 0 Å². The molecule has 0 aliphatic carbocycles. The van der Waals surface area contributed by atoms with Gasteiger partial charge in [-0.25, -0.2) is 0 Å². The van der Waals surface area contributed by atoms with Crippen molar-refractivity contribution >= 4 is 11.9 Å². The van der Waals surface area contributed by atoms with Crippen LogP contribution >= 0.6 is 0 Å². The molecule has 1 aromatic heterocycles. The minimum absolute atomic E-state index is 0.0632. The molecule has 0 bridgehead atoms. The molecule has 1 amide bonds. The van der Waals surface area contributed by atoms with E-state index in [1.807, 2.05) is 17.0 Å². The molecule has 114 valence electrons. The first-order chi connectivity index (χ1) is 10.1. The lowest BCUT2D eigenvalue weighted by molar-refractivity contribution is -0.137. The zero-order valence-corrected chi connectivity index (χ0v) is 12.1. The fraction of sp³-hybridized carbons (Fsp3) is 0.533. The van der Waals surface area contributed by atoms with E-state index in [1.165, 1.54) is 5.56 Å². The molecule has 1 aliphatic rings. The number of piperazine rings is 1. The predicted octanol–water partition coefficient (Wildman–Crippen LogP) is 0.981. The fourth-order valence-corrected chi connectivity index (χ4v) is 2.45. The van der Waals surface area contributed by atoms with Gasteiger partial charge in [-0.05, 0) is 24.1 Å². The van der Waals surface area contributed by atoms with Crippen LogP contribution in [-0.2, 0) is 16.1 Å². The van der Waals surface area contributed by atoms with Gasteiger partial charge < -0.3 is 10.0 Å². The van der Waals surface area contributed by atoms with Crippen LogP contribution < -0.4 is 0 Å². The Morgan fingerprint density at radius 1 is 1.10 bits per heavy atom. The Hall–Kier alpha value is -1.95. The van der Waals surface area contributed by atoms with Gasteiger partial charge in [0.15, 0.2) is 0 Å². The predicted molar refractivity (Wildman–Crippen MR) is 77.6 cm³/mol. The van der Waals surface area contributed by atoms with Crippen molar-refractivity contribution in [3.8, 4) is 0 Å². The van der Waals surface area contributed by atoms with E-state index in [-0.39, 0.29) is 12.3 Å². The summed E-state index contributed by atoms with van der Waals surface area (Å²) in [6.45, 7) is 4.03. The molecule has 1 fully saturated rings. The standard InChI is InChI=1S/C15H21N3O3/c19-14(2-1-3-15(20)21)18-10-8-17(9-11-18)12-13-4-6-16-7-5-13/h4-7H,1-3,8-12H2,(H,20,21). The molecule has 2 rings (SSSR count). The number of rotatable bonds is 6. The van der Waals surface area contributed by atoms with Gasteiger partial charge in [-0.2, -0.15) is 0 Å². The maximum absolute atomic E-state index is 12.0. The molecular formula is C15H21N3O3. The quantitative estimate of drug-likeness (QED) is 0.846. The molecule has 1 saturated heterocycles. The summed E-state index contributed by atoms with van der Waals surface area (Å²) in [4.78, 5) is 30.5. The number of carbonyl (C=O) groups is 2. The lowest BCUT2D eigenvalue weighted by atomic mass is 10.2. The largest absolute Gasteiger partial charge is 0.481 e. The van der Waals surface area contributed by atoms with E-state index in [4.69, 9.17) is 5.11 Å². The second-order valence-corrected chi connectivity index (χ2v) is 5.26. The summed E-state index contributed by atoms with van der Waals surface area (Å²) in [5.74, 6) is -0.773. The van der Waals surface area contributed by atoms with Crippen LogP contribution in [0.3, 0.4) is 0 Å². The first kappa shape index (κ1) is 15.4. The zero-order chi connectivity index (χ0) is 15.1. The number of carbonyl (C=O) groups excluding carboxylic acids is 1. The highest BCUT2D eigenvalue weighted by Gasteiger charge is 2.20. The average Bonchev–Trinajstić information content (AvgIpc) is 2.48. The molecule has 1 aromatic rings. The maximum atomic E-state index is 12.0. The van der Waals surface area contributed by atoms with Crippen molar-refractivity contribution in [1.29, 1.82) is 0 Å². The Labute approximate surface area is 124 Å². The van der Waals surface area contributed by atoms with E-state index in [0.29, 0.717) is 12.8 Å². The number of pyridine rings is 1. The Bertz CT molecular complexity index is 470. The van der Waals surface area contributed by atoms with Gasteiger partial charge in [-0.15, -0.1) is 0 Å². The second-order valence-electron chi connectivity index (χ2n) is 5.26. The van der Waals surface area contributed by atoms with Gasteiger partial charge >= 0.3 is 5.97 Å². The summed E-state index contributed by atoms with van der Waals surface area (Å²) in [5, 5.41) is 8.58. The monoisotopic (exact) mass is 291 g/mol. The van der Waals surface area contributed by atoms with Crippen LogP contribution in [0.4, 0.5) is 0 Å². The summed E-state index contributed by atoms with van der Waals surface area (Å²) >= 11 is 0. The smallest absolute Gasteiger partial charge is 0.303 e. The topological polar surface area (TPSA) is 73.7 Å². The van der Waals surface area contributed by atoms with Gasteiger partial charge in [-0.3, -0.25) is 19.5 Å². The summed E-state index contributed by atoms with van der Waals surface area (Å²) in [5.41, 5.74) is 1.23. The molecule has 2 heterocycles. The molecule has 1 aliphatic heterocycles. The molecule has 0 radical (unpaired) electrons. The van der Waals surface area contributed by atoms with E-state index in [1.54, 1.807) is 12.4 Å². The van der Waals surface area contributed by atoms with Crippen molar-refractivity contribution in [2.45, 2.75) is 25.8 Å². The van der Waals surface area contributed by atoms with Gasteiger partial charge in [0, 0.05) is 58.0 Å². The lowest BCUT2D eigenvalue weighted by Gasteiger charge is -2.34. The van der Waals surface area contributed by atoms with E-state index in [9.17, 15) is 9.59 Å². The van der Waals surface area contributed by atoms with Crippen molar-refractivity contribution in [2.75, 3.05) is 26.2 Å². The lowest BCUT2D eigenvalue weighted by Crippen LogP contribution is -2.48. The maximum Gasteiger partial charge on any atom is 0.303 e. The number of carboxylic acid groups (broad SMARTS) is 1. The highest BCUT2D eigenvalue weighted by Crippen LogP contribution is 2.09. The Morgan fingerprint density at radius 3 is 2.38 bits per heavy atom. The molecule has 0 spiro atoms. The van der Waals surface area contributed by atoms with Gasteiger partial charge in [0.2, 0.25) is 5.91 Å². The Balaban J connectivity index is 1.70. The second kappa shape index (κ2) is 7.73. The third kappa shape index (κ3) is 5.15. The van der Waals surface area contributed by atoms with Crippen LogP contribution in [0.5, 0.6) is 0 Å². The van der Waals surface area contributed by atoms with Crippen molar-refractivity contribution in [2.24, 2.45) is 0 Å². The van der Waals surface area contributed by atoms with Gasteiger partial charge in [0.25, 0.3) is 0 Å². The van der Waals surface area contributed by atoms with Crippen LogP contribution in [0.15, 0.2) is 24.5 Å². The van der Waals surface area contributed by atoms with E-state index in [2.05, 4.69) is 9.88 Å². The van der Waals surface area contributed by atoms with Gasteiger partial charge in [0.05, 0.1) is 0 Å². The number of nitrogens with zero attached hydrogens (tertiary/aromatic N) is 3. The van der Waals surface area contributed by atoms with Crippen LogP contribution in [0.2, 0.25) is 0 Å². The SMILES string of the molecule is O=C(O)CCCC(=O)N1CCN(Cc2ccncc2)CC1. The molecule has 6 heteroatoms. The van der Waals surface area contributed by atoms with Crippen molar-refractivity contribution < 1.29 is 14.7 Å². The number of aromatic nitrogens is 1. The van der Waals surface area contributed by atoms with Crippen molar-refractivity contribution in [3.05, 3.63) is 30.1 Å². The number of aliphatic carboxylic acids is 1. The summed E-state index contributed by atoms with van der Waals surface area (Å²) in [6, 6.07) is 4.01. The summed E-state index contributed by atoms with van der Waals surface area (Å²) in [6.07, 6.45) is 4.39. The summed E-state index contributed by atoms with van der Waals surface area (Å²) < 4.78 is 0. The van der Waals surface area contributed by atoms with Crippen LogP contribution in [-0.4, -0.2) is 57.9 Å². The number of hydrogen-bond donors (Lipinski definition) is 1. The van der Waals surface area contributed by atoms with Crippen LogP contribution in [0.1, 0.15) is 24.8 Å². The molecule has 0 unspecified atom stereocenters. The summed E-state index contributed by atoms with van der Waals surface area (Å²) in [7, 11) is 0. The first-order valence-corrected chi connectivity index (χ1v) is 7.26. The van der Waals surface area contributed by atoms with E-state index >= 15 is 0 Å². The number of carboxylic acids is 1. The minimum atomic E-state index is -0.843. The van der Waals surface area contributed by atoms with Gasteiger partial charge in [-0.1, -0.05) is 0 Å². The third-order valence-corrected chi connectivity index (χ3v) is 3.66. The van der Waals surface area contributed by atoms with E-state index in [0.717, 1.165) is 32.7 Å².